The fourth-order valence-corrected chi connectivity index (χ4v) is 0.915. The van der Waals surface area contributed by atoms with Crippen molar-refractivity contribution in [1.29, 1.82) is 0 Å². The molecule has 1 aromatic heterocycles. The van der Waals surface area contributed by atoms with E-state index in [4.69, 9.17) is 22.9 Å². The average molecular weight is 250 g/mol. The second-order valence-corrected chi connectivity index (χ2v) is 3.03. The maximum atomic E-state index is 5.12. The van der Waals surface area contributed by atoms with Gasteiger partial charge in [0.2, 0.25) is 24.3 Å². The first-order valence-corrected chi connectivity index (χ1v) is 4.75. The third-order valence-electron chi connectivity index (χ3n) is 1.51. The highest BCUT2D eigenvalue weighted by atomic mass is 15.3. The molecule has 1 rings (SSSR count). The van der Waals surface area contributed by atoms with Gasteiger partial charge in [-0.2, -0.15) is 4.98 Å². The molecule has 0 amide bonds. The van der Waals surface area contributed by atoms with Gasteiger partial charge in [0.25, 0.3) is 11.4 Å². The zero-order valence-electron chi connectivity index (χ0n) is 9.41. The molecule has 0 bridgehead atoms. The molecule has 1 aromatic rings. The lowest BCUT2D eigenvalue weighted by Gasteiger charge is -1.84. The van der Waals surface area contributed by atoms with Crippen LogP contribution < -0.4 is 32.9 Å². The monoisotopic (exact) mass is 250 g/mol. The Bertz CT molecular complexity index is 463. The molecule has 10 N–H and O–H groups in total. The summed E-state index contributed by atoms with van der Waals surface area (Å²) in [7, 11) is 0. The lowest BCUT2D eigenvalue weighted by atomic mass is 10.4. The average Bonchev–Trinajstić information content (AvgIpc) is 2.28. The van der Waals surface area contributed by atoms with Crippen molar-refractivity contribution in [2.45, 2.75) is 0 Å². The van der Waals surface area contributed by atoms with Crippen LogP contribution in [0.1, 0.15) is 11.4 Å². The molecule has 10 heteroatoms. The molecule has 94 valence electrons. The summed E-state index contributed by atoms with van der Waals surface area (Å²) < 4.78 is 0. The van der Waals surface area contributed by atoms with Crippen molar-refractivity contribution in [2.24, 2.45) is 43.3 Å². The van der Waals surface area contributed by atoms with E-state index in [0.29, 0.717) is 11.4 Å². The van der Waals surface area contributed by atoms with Gasteiger partial charge in [-0.05, 0) is 0 Å². The minimum absolute atomic E-state index is 0.124. The maximum Gasteiger partial charge on any atom is 0.288 e. The third-order valence-corrected chi connectivity index (χ3v) is 1.51. The normalized spacial score (nSPS) is 10.7. The SMILES string of the molecule is NC(N)=N/N=C/c1c[nH+]cc(/C=N/N=C(N)N)[nH+]1. The van der Waals surface area contributed by atoms with Crippen LogP contribution in [0.4, 0.5) is 0 Å². The molecule has 18 heavy (non-hydrogen) atoms. The van der Waals surface area contributed by atoms with Crippen molar-refractivity contribution in [3.8, 4) is 0 Å². The smallest absolute Gasteiger partial charge is 0.288 e. The highest BCUT2D eigenvalue weighted by Gasteiger charge is 2.06. The molecule has 0 saturated carbocycles. The summed E-state index contributed by atoms with van der Waals surface area (Å²) >= 11 is 0. The van der Waals surface area contributed by atoms with Gasteiger partial charge >= 0.3 is 0 Å². The summed E-state index contributed by atoms with van der Waals surface area (Å²) in [6.07, 6.45) is 6.16. The zero-order chi connectivity index (χ0) is 13.4. The van der Waals surface area contributed by atoms with Gasteiger partial charge in [-0.15, -0.1) is 20.4 Å². The van der Waals surface area contributed by atoms with Crippen LogP contribution in [0.15, 0.2) is 32.8 Å². The molecule has 0 unspecified atom stereocenters. The van der Waals surface area contributed by atoms with Crippen molar-refractivity contribution >= 4 is 24.3 Å². The highest BCUT2D eigenvalue weighted by Crippen LogP contribution is 1.82. The fraction of sp³-hybridized carbons (Fsp3) is 0. The van der Waals surface area contributed by atoms with Gasteiger partial charge in [0.05, 0.1) is 0 Å². The van der Waals surface area contributed by atoms with E-state index in [1.807, 2.05) is 0 Å². The van der Waals surface area contributed by atoms with Crippen LogP contribution in [-0.2, 0) is 0 Å². The lowest BCUT2D eigenvalue weighted by Crippen LogP contribution is -2.24. The molecule has 1 heterocycles. The number of H-pyrrole nitrogens is 2. The van der Waals surface area contributed by atoms with Gasteiger partial charge in [-0.25, -0.2) is 4.98 Å². The predicted molar refractivity (Wildman–Crippen MR) is 66.4 cm³/mol. The van der Waals surface area contributed by atoms with Crippen LogP contribution in [0.5, 0.6) is 0 Å². The second-order valence-electron chi connectivity index (χ2n) is 3.03. The first-order chi connectivity index (χ1) is 8.58. The predicted octanol–water partition coefficient (Wildman–Crippen LogP) is -3.47. The molecular formula is C8H14N10+2. The molecule has 0 fully saturated rings. The van der Waals surface area contributed by atoms with Crippen LogP contribution in [-0.4, -0.2) is 24.3 Å². The molecule has 0 spiro atoms. The van der Waals surface area contributed by atoms with Crippen molar-refractivity contribution in [3.05, 3.63) is 23.8 Å². The number of guanidine groups is 2. The lowest BCUT2D eigenvalue weighted by molar-refractivity contribution is -0.449. The number of aromatic amines is 2. The van der Waals surface area contributed by atoms with E-state index in [2.05, 4.69) is 30.4 Å². The summed E-state index contributed by atoms with van der Waals surface area (Å²) in [5, 5.41) is 14.2. The standard InChI is InChI=1S/C8H12N10/c9-7(10)17-14-3-5-1-13-2-6(16-5)4-15-18-8(11)12/h1-4H,(H4,9,10,17)(H4,11,12,18)/p+2/b14-3+,15-4+. The van der Waals surface area contributed by atoms with Crippen molar-refractivity contribution in [1.82, 2.24) is 0 Å². The topological polar surface area (TPSA) is 182 Å². The Morgan fingerprint density at radius 2 is 1.33 bits per heavy atom. The van der Waals surface area contributed by atoms with Crippen LogP contribution >= 0.6 is 0 Å². The maximum absolute atomic E-state index is 5.12. The van der Waals surface area contributed by atoms with Gasteiger partial charge in [0.1, 0.15) is 12.4 Å². The Morgan fingerprint density at radius 1 is 0.889 bits per heavy atom. The number of hydrogen-bond donors (Lipinski definition) is 4. The largest absolute Gasteiger partial charge is 0.369 e. The van der Waals surface area contributed by atoms with Gasteiger partial charge in [-0.1, -0.05) is 0 Å². The summed E-state index contributed by atoms with van der Waals surface area (Å²) in [4.78, 5) is 5.83. The Labute approximate surface area is 102 Å². The molecular weight excluding hydrogens is 236 g/mol. The summed E-state index contributed by atoms with van der Waals surface area (Å²) in [5.74, 6) is -0.249. The van der Waals surface area contributed by atoms with Gasteiger partial charge in [0, 0.05) is 0 Å². The molecule has 0 aromatic carbocycles. The van der Waals surface area contributed by atoms with Crippen molar-refractivity contribution in [3.63, 3.8) is 0 Å². The number of hydrogen-bond acceptors (Lipinski definition) is 4. The van der Waals surface area contributed by atoms with E-state index in [9.17, 15) is 0 Å². The van der Waals surface area contributed by atoms with Crippen molar-refractivity contribution < 1.29 is 9.97 Å². The summed E-state index contributed by atoms with van der Waals surface area (Å²) in [6.45, 7) is 0. The Kier molecular flexibility index (Phi) is 4.72. The number of aromatic nitrogens is 2. The summed E-state index contributed by atoms with van der Waals surface area (Å²) in [5.41, 5.74) is 21.7. The summed E-state index contributed by atoms with van der Waals surface area (Å²) in [6, 6.07) is 0. The number of rotatable bonds is 4. The number of nitrogens with two attached hydrogens (primary N) is 4. The van der Waals surface area contributed by atoms with E-state index in [0.717, 1.165) is 0 Å². The quantitative estimate of drug-likeness (QED) is 0.246. The number of nitrogens with zero attached hydrogens (tertiary/aromatic N) is 4. The zero-order valence-corrected chi connectivity index (χ0v) is 9.41. The fourth-order valence-electron chi connectivity index (χ4n) is 0.915. The van der Waals surface area contributed by atoms with Crippen LogP contribution in [0.25, 0.3) is 0 Å². The van der Waals surface area contributed by atoms with E-state index in [-0.39, 0.29) is 11.9 Å². The highest BCUT2D eigenvalue weighted by molar-refractivity contribution is 5.80. The molecule has 0 aliphatic heterocycles. The van der Waals surface area contributed by atoms with E-state index in [1.165, 1.54) is 12.4 Å². The molecule has 0 atom stereocenters. The Morgan fingerprint density at radius 3 is 1.72 bits per heavy atom. The van der Waals surface area contributed by atoms with Crippen molar-refractivity contribution in [2.75, 3.05) is 0 Å². The minimum Gasteiger partial charge on any atom is -0.369 e. The molecule has 0 saturated heterocycles. The van der Waals surface area contributed by atoms with Crippen LogP contribution in [0, 0.1) is 0 Å². The van der Waals surface area contributed by atoms with Crippen LogP contribution in [0.3, 0.4) is 0 Å². The molecule has 0 radical (unpaired) electrons. The van der Waals surface area contributed by atoms with E-state index < -0.39 is 0 Å². The Balaban J connectivity index is 2.80. The number of nitrogens with one attached hydrogen (secondary N) is 2. The molecule has 0 aliphatic carbocycles. The first kappa shape index (κ1) is 13.0. The molecule has 10 nitrogen and oxygen atoms in total. The second kappa shape index (κ2) is 6.52. The molecule has 0 aliphatic rings. The van der Waals surface area contributed by atoms with Gasteiger partial charge < -0.3 is 22.9 Å². The van der Waals surface area contributed by atoms with Crippen LogP contribution in [0.2, 0.25) is 0 Å². The minimum atomic E-state index is -0.124. The van der Waals surface area contributed by atoms with Gasteiger partial charge in [-0.3, -0.25) is 0 Å². The van der Waals surface area contributed by atoms with Gasteiger partial charge in [0.15, 0.2) is 0 Å². The van der Waals surface area contributed by atoms with E-state index >= 15 is 0 Å². The first-order valence-electron chi connectivity index (χ1n) is 4.75. The third kappa shape index (κ3) is 5.16. The Hall–Kier alpha value is -3.04. The van der Waals surface area contributed by atoms with E-state index in [1.54, 1.807) is 12.4 Å².